The molecule has 0 aromatic rings. The van der Waals surface area contributed by atoms with Crippen LogP contribution in [0.25, 0.3) is 0 Å². The molecule has 1 saturated carbocycles. The quantitative estimate of drug-likeness (QED) is 0.730. The SMILES string of the molecule is CSCCCCCN1C(=O)C(C)NC1C1CCCC1. The summed E-state index contributed by atoms with van der Waals surface area (Å²) < 4.78 is 0. The van der Waals surface area contributed by atoms with Crippen LogP contribution in [0.15, 0.2) is 0 Å². The summed E-state index contributed by atoms with van der Waals surface area (Å²) >= 11 is 1.91. The van der Waals surface area contributed by atoms with Crippen LogP contribution in [0, 0.1) is 5.92 Å². The molecule has 0 aromatic carbocycles. The number of unbranched alkanes of at least 4 members (excludes halogenated alkanes) is 2. The van der Waals surface area contributed by atoms with Crippen LogP contribution in [0.2, 0.25) is 0 Å². The smallest absolute Gasteiger partial charge is 0.240 e. The Morgan fingerprint density at radius 2 is 2.00 bits per heavy atom. The molecule has 19 heavy (non-hydrogen) atoms. The molecule has 4 heteroatoms. The average molecular weight is 284 g/mol. The van der Waals surface area contributed by atoms with Crippen molar-refractivity contribution in [2.45, 2.75) is 64.1 Å². The highest BCUT2D eigenvalue weighted by Gasteiger charge is 2.40. The van der Waals surface area contributed by atoms with Crippen LogP contribution in [0.5, 0.6) is 0 Å². The minimum atomic E-state index is 0.0248. The van der Waals surface area contributed by atoms with Gasteiger partial charge in [0.25, 0.3) is 0 Å². The Balaban J connectivity index is 1.81. The molecule has 1 amide bonds. The number of carbonyl (C=O) groups is 1. The minimum Gasteiger partial charge on any atom is -0.326 e. The summed E-state index contributed by atoms with van der Waals surface area (Å²) in [5.74, 6) is 2.26. The maximum atomic E-state index is 12.3. The molecule has 0 bridgehead atoms. The van der Waals surface area contributed by atoms with E-state index in [2.05, 4.69) is 16.5 Å². The van der Waals surface area contributed by atoms with Crippen LogP contribution in [0.3, 0.4) is 0 Å². The van der Waals surface area contributed by atoms with Crippen molar-refractivity contribution >= 4 is 17.7 Å². The number of thioether (sulfide) groups is 1. The first-order valence-electron chi connectivity index (χ1n) is 7.79. The van der Waals surface area contributed by atoms with E-state index < -0.39 is 0 Å². The van der Waals surface area contributed by atoms with Crippen molar-refractivity contribution in [3.8, 4) is 0 Å². The van der Waals surface area contributed by atoms with Gasteiger partial charge in [-0.15, -0.1) is 0 Å². The molecule has 2 rings (SSSR count). The summed E-state index contributed by atoms with van der Waals surface area (Å²) in [5.41, 5.74) is 0. The second-order valence-electron chi connectivity index (χ2n) is 5.96. The molecule has 0 aromatic heterocycles. The standard InChI is InChI=1S/C15H28N2OS/c1-12-15(18)17(10-6-3-7-11-19-2)14(16-12)13-8-4-5-9-13/h12-14,16H,3-11H2,1-2H3. The zero-order valence-corrected chi connectivity index (χ0v) is 13.2. The highest BCUT2D eigenvalue weighted by molar-refractivity contribution is 7.98. The van der Waals surface area contributed by atoms with Crippen molar-refractivity contribution in [3.05, 3.63) is 0 Å². The number of nitrogens with zero attached hydrogens (tertiary/aromatic N) is 1. The molecule has 110 valence electrons. The predicted octanol–water partition coefficient (Wildman–Crippen LogP) is 2.86. The molecule has 1 saturated heterocycles. The normalized spacial score (nSPS) is 28.5. The number of nitrogens with one attached hydrogen (secondary N) is 1. The van der Waals surface area contributed by atoms with Gasteiger partial charge in [-0.1, -0.05) is 19.3 Å². The Labute approximate surface area is 121 Å². The fraction of sp³-hybridized carbons (Fsp3) is 0.933. The second kappa shape index (κ2) is 7.53. The van der Waals surface area contributed by atoms with Gasteiger partial charge in [0.05, 0.1) is 12.2 Å². The van der Waals surface area contributed by atoms with Crippen molar-refractivity contribution in [1.82, 2.24) is 10.2 Å². The summed E-state index contributed by atoms with van der Waals surface area (Å²) in [5, 5.41) is 3.52. The molecule has 2 fully saturated rings. The Bertz CT molecular complexity index is 292. The van der Waals surface area contributed by atoms with E-state index in [1.807, 2.05) is 18.7 Å². The molecular weight excluding hydrogens is 256 g/mol. The van der Waals surface area contributed by atoms with Gasteiger partial charge in [0.15, 0.2) is 0 Å². The number of rotatable bonds is 7. The average Bonchev–Trinajstić information content (AvgIpc) is 3.01. The molecule has 1 aliphatic carbocycles. The van der Waals surface area contributed by atoms with Gasteiger partial charge in [-0.2, -0.15) is 11.8 Å². The summed E-state index contributed by atoms with van der Waals surface area (Å²) in [6, 6.07) is 0.0248. The molecule has 2 unspecified atom stereocenters. The third-order valence-corrected chi connectivity index (χ3v) is 5.20. The third-order valence-electron chi connectivity index (χ3n) is 4.50. The zero-order chi connectivity index (χ0) is 13.7. The number of carbonyl (C=O) groups excluding carboxylic acids is 1. The summed E-state index contributed by atoms with van der Waals surface area (Å²) in [6.45, 7) is 2.96. The maximum absolute atomic E-state index is 12.3. The Morgan fingerprint density at radius 1 is 1.26 bits per heavy atom. The van der Waals surface area contributed by atoms with Gasteiger partial charge in [0, 0.05) is 6.54 Å². The lowest BCUT2D eigenvalue weighted by Gasteiger charge is -2.29. The topological polar surface area (TPSA) is 32.3 Å². The van der Waals surface area contributed by atoms with E-state index in [1.54, 1.807) is 0 Å². The van der Waals surface area contributed by atoms with Crippen LogP contribution >= 0.6 is 11.8 Å². The van der Waals surface area contributed by atoms with Crippen molar-refractivity contribution < 1.29 is 4.79 Å². The van der Waals surface area contributed by atoms with Gasteiger partial charge in [0.1, 0.15) is 0 Å². The van der Waals surface area contributed by atoms with E-state index in [1.165, 1.54) is 44.3 Å². The molecule has 1 N–H and O–H groups in total. The second-order valence-corrected chi connectivity index (χ2v) is 6.95. The third kappa shape index (κ3) is 3.88. The molecule has 1 heterocycles. The lowest BCUT2D eigenvalue weighted by molar-refractivity contribution is -0.130. The minimum absolute atomic E-state index is 0.0248. The van der Waals surface area contributed by atoms with Crippen molar-refractivity contribution in [3.63, 3.8) is 0 Å². The van der Waals surface area contributed by atoms with Crippen molar-refractivity contribution in [1.29, 1.82) is 0 Å². The molecule has 2 aliphatic rings. The van der Waals surface area contributed by atoms with Crippen LogP contribution in [-0.2, 0) is 4.79 Å². The Hall–Kier alpha value is -0.220. The largest absolute Gasteiger partial charge is 0.326 e. The van der Waals surface area contributed by atoms with Crippen LogP contribution in [-0.4, -0.2) is 41.6 Å². The van der Waals surface area contributed by atoms with Crippen molar-refractivity contribution in [2.75, 3.05) is 18.6 Å². The number of hydrogen-bond donors (Lipinski definition) is 1. The van der Waals surface area contributed by atoms with E-state index in [0.717, 1.165) is 13.0 Å². The fourth-order valence-electron chi connectivity index (χ4n) is 3.42. The summed E-state index contributed by atoms with van der Waals surface area (Å²) in [4.78, 5) is 14.4. The molecule has 0 radical (unpaired) electrons. The Morgan fingerprint density at radius 3 is 2.68 bits per heavy atom. The van der Waals surface area contributed by atoms with E-state index in [-0.39, 0.29) is 6.04 Å². The molecular formula is C15H28N2OS. The molecule has 3 nitrogen and oxygen atoms in total. The highest BCUT2D eigenvalue weighted by atomic mass is 32.2. The van der Waals surface area contributed by atoms with Gasteiger partial charge >= 0.3 is 0 Å². The van der Waals surface area contributed by atoms with Gasteiger partial charge in [0.2, 0.25) is 5.91 Å². The zero-order valence-electron chi connectivity index (χ0n) is 12.4. The molecule has 2 atom stereocenters. The predicted molar refractivity (Wildman–Crippen MR) is 82.3 cm³/mol. The lowest BCUT2D eigenvalue weighted by Crippen LogP contribution is -2.43. The van der Waals surface area contributed by atoms with Crippen LogP contribution in [0.1, 0.15) is 51.9 Å². The van der Waals surface area contributed by atoms with Gasteiger partial charge < -0.3 is 4.90 Å². The number of amides is 1. The molecule has 0 spiro atoms. The van der Waals surface area contributed by atoms with Crippen LogP contribution < -0.4 is 5.32 Å². The summed E-state index contributed by atoms with van der Waals surface area (Å²) in [6.07, 6.45) is 11.4. The van der Waals surface area contributed by atoms with E-state index in [9.17, 15) is 4.79 Å². The first-order chi connectivity index (χ1) is 9.24. The molecule has 1 aliphatic heterocycles. The first-order valence-corrected chi connectivity index (χ1v) is 9.19. The van der Waals surface area contributed by atoms with E-state index >= 15 is 0 Å². The van der Waals surface area contributed by atoms with Gasteiger partial charge in [-0.25, -0.2) is 0 Å². The highest BCUT2D eigenvalue weighted by Crippen LogP contribution is 2.32. The van der Waals surface area contributed by atoms with E-state index in [4.69, 9.17) is 0 Å². The van der Waals surface area contributed by atoms with Crippen molar-refractivity contribution in [2.24, 2.45) is 5.92 Å². The maximum Gasteiger partial charge on any atom is 0.240 e. The monoisotopic (exact) mass is 284 g/mol. The van der Waals surface area contributed by atoms with E-state index in [0.29, 0.717) is 18.0 Å². The first kappa shape index (κ1) is 15.2. The van der Waals surface area contributed by atoms with Gasteiger partial charge in [-0.3, -0.25) is 10.1 Å². The number of hydrogen-bond acceptors (Lipinski definition) is 3. The Kier molecular flexibility index (Phi) is 6.02. The lowest BCUT2D eigenvalue weighted by atomic mass is 10.0. The van der Waals surface area contributed by atoms with Gasteiger partial charge in [-0.05, 0) is 50.5 Å². The summed E-state index contributed by atoms with van der Waals surface area (Å²) in [7, 11) is 0. The van der Waals surface area contributed by atoms with Crippen LogP contribution in [0.4, 0.5) is 0 Å². The fourth-order valence-corrected chi connectivity index (χ4v) is 3.91.